The third kappa shape index (κ3) is 3.70. The van der Waals surface area contributed by atoms with Crippen LogP contribution in [0.1, 0.15) is 18.4 Å². The molecule has 1 aromatic rings. The zero-order chi connectivity index (χ0) is 13.8. The van der Waals surface area contributed by atoms with Gasteiger partial charge < -0.3 is 15.5 Å². The summed E-state index contributed by atoms with van der Waals surface area (Å²) in [5.74, 6) is 0.181. The van der Waals surface area contributed by atoms with E-state index in [1.807, 2.05) is 36.2 Å². The van der Waals surface area contributed by atoms with Crippen molar-refractivity contribution in [2.45, 2.75) is 25.3 Å². The van der Waals surface area contributed by atoms with Gasteiger partial charge >= 0.3 is 0 Å². The van der Waals surface area contributed by atoms with Gasteiger partial charge in [0.25, 0.3) is 0 Å². The van der Waals surface area contributed by atoms with Crippen LogP contribution in [0, 0.1) is 0 Å². The Morgan fingerprint density at radius 3 is 2.74 bits per heavy atom. The summed E-state index contributed by atoms with van der Waals surface area (Å²) in [7, 11) is 4.05. The van der Waals surface area contributed by atoms with Crippen molar-refractivity contribution in [2.75, 3.05) is 32.9 Å². The smallest absolute Gasteiger partial charge is 0.226 e. The number of rotatable bonds is 3. The predicted octanol–water partition coefficient (Wildman–Crippen LogP) is 1.36. The largest absolute Gasteiger partial charge is 0.399 e. The number of piperidine rings is 1. The van der Waals surface area contributed by atoms with Crippen molar-refractivity contribution in [1.82, 2.24) is 9.80 Å². The lowest BCUT2D eigenvalue weighted by atomic mass is 10.0. The van der Waals surface area contributed by atoms with Crippen molar-refractivity contribution < 1.29 is 4.79 Å². The molecule has 0 aromatic heterocycles. The number of amides is 1. The van der Waals surface area contributed by atoms with E-state index in [4.69, 9.17) is 5.73 Å². The van der Waals surface area contributed by atoms with Crippen molar-refractivity contribution >= 4 is 11.6 Å². The number of nitrogens with two attached hydrogens (primary N) is 1. The molecule has 1 aliphatic heterocycles. The molecule has 0 unspecified atom stereocenters. The second kappa shape index (κ2) is 6.06. The van der Waals surface area contributed by atoms with Crippen LogP contribution < -0.4 is 5.73 Å². The quantitative estimate of drug-likeness (QED) is 0.836. The summed E-state index contributed by atoms with van der Waals surface area (Å²) in [5.41, 5.74) is 7.44. The van der Waals surface area contributed by atoms with Crippen molar-refractivity contribution in [3.63, 3.8) is 0 Å². The minimum Gasteiger partial charge on any atom is -0.399 e. The highest BCUT2D eigenvalue weighted by Crippen LogP contribution is 2.16. The summed E-state index contributed by atoms with van der Waals surface area (Å²) in [6.07, 6.45) is 2.57. The Balaban J connectivity index is 1.92. The average Bonchev–Trinajstić information content (AvgIpc) is 2.39. The SMILES string of the molecule is CN1CCC(N(C)C(=O)Cc2cccc(N)c2)CC1. The highest BCUT2D eigenvalue weighted by Gasteiger charge is 2.23. The summed E-state index contributed by atoms with van der Waals surface area (Å²) < 4.78 is 0. The van der Waals surface area contributed by atoms with E-state index >= 15 is 0 Å². The average molecular weight is 261 g/mol. The first-order chi connectivity index (χ1) is 9.06. The van der Waals surface area contributed by atoms with E-state index in [1.54, 1.807) is 0 Å². The fourth-order valence-electron chi connectivity index (χ4n) is 2.59. The Labute approximate surface area is 115 Å². The van der Waals surface area contributed by atoms with Crippen LogP contribution in [0.4, 0.5) is 5.69 Å². The molecule has 4 nitrogen and oxygen atoms in total. The molecular weight excluding hydrogens is 238 g/mol. The van der Waals surface area contributed by atoms with E-state index in [-0.39, 0.29) is 5.91 Å². The van der Waals surface area contributed by atoms with Gasteiger partial charge in [0.2, 0.25) is 5.91 Å². The topological polar surface area (TPSA) is 49.6 Å². The van der Waals surface area contributed by atoms with Crippen LogP contribution in [0.5, 0.6) is 0 Å². The maximum atomic E-state index is 12.3. The Morgan fingerprint density at radius 1 is 1.42 bits per heavy atom. The van der Waals surface area contributed by atoms with Gasteiger partial charge in [0.15, 0.2) is 0 Å². The molecule has 1 fully saturated rings. The number of nitrogens with zero attached hydrogens (tertiary/aromatic N) is 2. The van der Waals surface area contributed by atoms with Crippen LogP contribution in [-0.4, -0.2) is 48.9 Å². The van der Waals surface area contributed by atoms with E-state index in [2.05, 4.69) is 11.9 Å². The van der Waals surface area contributed by atoms with Crippen molar-refractivity contribution in [3.05, 3.63) is 29.8 Å². The molecule has 1 amide bonds. The standard InChI is InChI=1S/C15H23N3O/c1-17-8-6-14(7-9-17)18(2)15(19)11-12-4-3-5-13(16)10-12/h3-5,10,14H,6-9,11,16H2,1-2H3. The van der Waals surface area contributed by atoms with Crippen LogP contribution in [0.3, 0.4) is 0 Å². The van der Waals surface area contributed by atoms with Gasteiger partial charge in [0.1, 0.15) is 0 Å². The van der Waals surface area contributed by atoms with Crippen LogP contribution in [0.15, 0.2) is 24.3 Å². The fourth-order valence-corrected chi connectivity index (χ4v) is 2.59. The predicted molar refractivity (Wildman–Crippen MR) is 77.8 cm³/mol. The zero-order valence-corrected chi connectivity index (χ0v) is 11.8. The van der Waals surface area contributed by atoms with E-state index < -0.39 is 0 Å². The molecule has 1 saturated heterocycles. The molecule has 1 aliphatic rings. The molecule has 2 rings (SSSR count). The number of likely N-dealkylation sites (tertiary alicyclic amines) is 1. The number of hydrogen-bond acceptors (Lipinski definition) is 3. The second-order valence-electron chi connectivity index (χ2n) is 5.46. The van der Waals surface area contributed by atoms with E-state index in [0.717, 1.165) is 31.5 Å². The summed E-state index contributed by atoms with van der Waals surface area (Å²) in [6, 6.07) is 7.95. The fraction of sp³-hybridized carbons (Fsp3) is 0.533. The van der Waals surface area contributed by atoms with Crippen molar-refractivity contribution in [1.29, 1.82) is 0 Å². The number of hydrogen-bond donors (Lipinski definition) is 1. The lowest BCUT2D eigenvalue weighted by molar-refractivity contribution is -0.132. The van der Waals surface area contributed by atoms with E-state index in [0.29, 0.717) is 18.2 Å². The maximum absolute atomic E-state index is 12.3. The molecule has 0 bridgehead atoms. The number of carbonyl (C=O) groups excluding carboxylic acids is 1. The molecule has 1 heterocycles. The molecule has 1 aromatic carbocycles. The van der Waals surface area contributed by atoms with Crippen molar-refractivity contribution in [3.8, 4) is 0 Å². The van der Waals surface area contributed by atoms with Gasteiger partial charge in [-0.1, -0.05) is 12.1 Å². The molecule has 4 heteroatoms. The number of anilines is 1. The minimum atomic E-state index is 0.181. The minimum absolute atomic E-state index is 0.181. The van der Waals surface area contributed by atoms with Gasteiger partial charge in [-0.05, 0) is 50.7 Å². The summed E-state index contributed by atoms with van der Waals surface area (Å²) in [6.45, 7) is 2.14. The summed E-state index contributed by atoms with van der Waals surface area (Å²) in [5, 5.41) is 0. The molecule has 0 atom stereocenters. The normalized spacial score (nSPS) is 17.4. The number of likely N-dealkylation sites (N-methyl/N-ethyl adjacent to an activating group) is 1. The third-order valence-electron chi connectivity index (χ3n) is 3.94. The molecule has 0 spiro atoms. The molecule has 0 aliphatic carbocycles. The molecule has 19 heavy (non-hydrogen) atoms. The van der Waals surface area contributed by atoms with Gasteiger partial charge in [-0.3, -0.25) is 4.79 Å². The van der Waals surface area contributed by atoms with E-state index in [1.165, 1.54) is 0 Å². The molecular formula is C15H23N3O. The Morgan fingerprint density at radius 2 is 2.11 bits per heavy atom. The van der Waals surface area contributed by atoms with Gasteiger partial charge in [-0.15, -0.1) is 0 Å². The van der Waals surface area contributed by atoms with Crippen LogP contribution >= 0.6 is 0 Å². The maximum Gasteiger partial charge on any atom is 0.226 e. The summed E-state index contributed by atoms with van der Waals surface area (Å²) >= 11 is 0. The van der Waals surface area contributed by atoms with Gasteiger partial charge in [0, 0.05) is 18.8 Å². The first-order valence-corrected chi connectivity index (χ1v) is 6.85. The Hall–Kier alpha value is -1.55. The molecule has 0 saturated carbocycles. The Bertz CT molecular complexity index is 439. The first-order valence-electron chi connectivity index (χ1n) is 6.85. The second-order valence-corrected chi connectivity index (χ2v) is 5.46. The first kappa shape index (κ1) is 13.9. The van der Waals surface area contributed by atoms with Crippen LogP contribution in [0.2, 0.25) is 0 Å². The summed E-state index contributed by atoms with van der Waals surface area (Å²) in [4.78, 5) is 16.5. The van der Waals surface area contributed by atoms with E-state index in [9.17, 15) is 4.79 Å². The van der Waals surface area contributed by atoms with Crippen molar-refractivity contribution in [2.24, 2.45) is 0 Å². The monoisotopic (exact) mass is 261 g/mol. The highest BCUT2D eigenvalue weighted by molar-refractivity contribution is 5.79. The van der Waals surface area contributed by atoms with Crippen LogP contribution in [0.25, 0.3) is 0 Å². The third-order valence-corrected chi connectivity index (χ3v) is 3.94. The van der Waals surface area contributed by atoms with Gasteiger partial charge in [-0.2, -0.15) is 0 Å². The zero-order valence-electron chi connectivity index (χ0n) is 11.8. The number of carbonyl (C=O) groups is 1. The van der Waals surface area contributed by atoms with Gasteiger partial charge in [0.05, 0.1) is 6.42 Å². The lowest BCUT2D eigenvalue weighted by Crippen LogP contribution is -2.44. The molecule has 104 valence electrons. The van der Waals surface area contributed by atoms with Crippen LogP contribution in [-0.2, 0) is 11.2 Å². The number of nitrogen functional groups attached to an aromatic ring is 1. The molecule has 0 radical (unpaired) electrons. The number of benzene rings is 1. The molecule has 2 N–H and O–H groups in total. The Kier molecular flexibility index (Phi) is 4.43. The van der Waals surface area contributed by atoms with Gasteiger partial charge in [-0.25, -0.2) is 0 Å². The highest BCUT2D eigenvalue weighted by atomic mass is 16.2. The lowest BCUT2D eigenvalue weighted by Gasteiger charge is -2.35.